The molecule has 0 aliphatic rings. The van der Waals surface area contributed by atoms with Crippen LogP contribution in [-0.4, -0.2) is 103 Å². The smallest absolute Gasteiger partial charge is 0.356 e. The summed E-state index contributed by atoms with van der Waals surface area (Å²) in [5.41, 5.74) is -2.19. The van der Waals surface area contributed by atoms with Gasteiger partial charge in [-0.15, -0.1) is 0 Å². The van der Waals surface area contributed by atoms with Gasteiger partial charge in [-0.05, 0) is 56.3 Å². The first-order valence-electron chi connectivity index (χ1n) is 22.5. The predicted molar refractivity (Wildman–Crippen MR) is 267 cm³/mol. The van der Waals surface area contributed by atoms with Crippen molar-refractivity contribution in [1.82, 2.24) is 19.9 Å². The molecule has 0 saturated carbocycles. The highest BCUT2D eigenvalue weighted by atomic mass is 16.6. The van der Waals surface area contributed by atoms with Gasteiger partial charge in [-0.3, -0.25) is 43.7 Å². The maximum atomic E-state index is 14.4. The van der Waals surface area contributed by atoms with Crippen molar-refractivity contribution in [3.05, 3.63) is 130 Å². The van der Waals surface area contributed by atoms with E-state index in [1.807, 2.05) is 0 Å². The predicted octanol–water partition coefficient (Wildman–Crippen LogP) is 6.89. The number of nitro benzene ring substituents is 1. The number of carbonyl (C=O) groups excluding carboxylic acids is 6. The van der Waals surface area contributed by atoms with Crippen LogP contribution in [0.4, 0.5) is 22.7 Å². The van der Waals surface area contributed by atoms with E-state index in [4.69, 9.17) is 28.8 Å². The van der Waals surface area contributed by atoms with Gasteiger partial charge in [0.2, 0.25) is 0 Å². The lowest BCUT2D eigenvalue weighted by atomic mass is 10.1. The van der Waals surface area contributed by atoms with E-state index in [1.54, 1.807) is 32.0 Å². The Morgan fingerprint density at radius 1 is 0.513 bits per heavy atom. The average molecular weight is 1030 g/mol. The molecule has 0 aliphatic heterocycles. The van der Waals surface area contributed by atoms with Crippen molar-refractivity contribution in [3.8, 4) is 23.0 Å². The molecular formula is C51H38N8O17. The van der Waals surface area contributed by atoms with Crippen LogP contribution in [0.15, 0.2) is 97.1 Å². The molecule has 0 radical (unpaired) electrons. The van der Waals surface area contributed by atoms with E-state index < -0.39 is 76.7 Å². The van der Waals surface area contributed by atoms with Gasteiger partial charge in [0.25, 0.3) is 23.4 Å². The molecular weight excluding hydrogens is 997 g/mol. The Kier molecular flexibility index (Phi) is 14.9. The summed E-state index contributed by atoms with van der Waals surface area (Å²) in [6.45, 7) is 3.61. The largest absolute Gasteiger partial charge is 0.493 e. The van der Waals surface area contributed by atoms with Crippen LogP contribution in [0.1, 0.15) is 68.6 Å². The van der Waals surface area contributed by atoms with Gasteiger partial charge in [0.15, 0.2) is 11.2 Å². The second-order valence-electron chi connectivity index (χ2n) is 15.9. The molecule has 8 aromatic rings. The van der Waals surface area contributed by atoms with Gasteiger partial charge in [-0.25, -0.2) is 24.7 Å². The average Bonchev–Trinajstić information content (AvgIpc) is 3.39. The summed E-state index contributed by atoms with van der Waals surface area (Å²) < 4.78 is 27.2. The van der Waals surface area contributed by atoms with Crippen LogP contribution in [-0.2, 0) is 23.9 Å². The number of rotatable bonds is 18. The molecule has 0 bridgehead atoms. The number of ether oxygens (including phenoxy) is 5. The zero-order valence-corrected chi connectivity index (χ0v) is 39.8. The van der Waals surface area contributed by atoms with Crippen LogP contribution in [0, 0.1) is 10.1 Å². The maximum absolute atomic E-state index is 14.4. The van der Waals surface area contributed by atoms with Gasteiger partial charge < -0.3 is 49.8 Å². The molecule has 4 heterocycles. The molecule has 25 heteroatoms. The Morgan fingerprint density at radius 2 is 0.855 bits per heavy atom. The number of nitro groups is 1. The van der Waals surface area contributed by atoms with Gasteiger partial charge in [0, 0.05) is 51.9 Å². The zero-order chi connectivity index (χ0) is 54.4. The van der Waals surface area contributed by atoms with Gasteiger partial charge >= 0.3 is 29.8 Å². The van der Waals surface area contributed by atoms with E-state index in [0.717, 1.165) is 19.2 Å². The zero-order valence-electron chi connectivity index (χ0n) is 39.8. The molecule has 0 spiro atoms. The number of aromatic nitrogens is 4. The molecule has 5 N–H and O–H groups in total. The quantitative estimate of drug-likeness (QED) is 0.0253. The summed E-state index contributed by atoms with van der Waals surface area (Å²) in [5, 5.41) is 39.1. The van der Waals surface area contributed by atoms with Crippen LogP contribution < -0.4 is 34.9 Å². The molecule has 25 nitrogen and oxygen atoms in total. The molecule has 3 amide bonds. The number of aliphatic carboxylic acids is 2. The van der Waals surface area contributed by atoms with E-state index in [1.165, 1.54) is 66.7 Å². The molecule has 4 aromatic heterocycles. The minimum Gasteiger partial charge on any atom is -0.493 e. The fraction of sp³-hybridized carbons (Fsp3) is 0.137. The Hall–Kier alpha value is -10.7. The number of nitrogens with one attached hydrogen (secondary N) is 3. The van der Waals surface area contributed by atoms with E-state index in [2.05, 4.69) is 35.9 Å². The molecule has 76 heavy (non-hydrogen) atoms. The fourth-order valence-electron chi connectivity index (χ4n) is 7.70. The van der Waals surface area contributed by atoms with Crippen LogP contribution >= 0.6 is 0 Å². The standard InChI is InChI=1S/C51H38N8O17/c1-4-73-36-18-31(48(66)58-30-16-8-12-27-39(76-43(65)23-41(62)63)21-34(51(69)72-3)55-46(27)30)52-44-24(36)10-6-14-28(44)56-50(68)33-20-38(75-42(64)22-40(60)61)26-11-7-15-29(45(26)53-33)57-49(67)32-19-37(74-5-2)25-13-9-17-35(59(70)71)47(25)54-32/h6-21H,4-5,22-23H2,1-3H3,(H,56,68)(H,57,67)(H,58,66)(H,60,61)(H,62,63). The molecule has 0 atom stereocenters. The van der Waals surface area contributed by atoms with Crippen molar-refractivity contribution in [1.29, 1.82) is 0 Å². The number of anilines is 3. The number of methoxy groups -OCH3 is 1. The van der Waals surface area contributed by atoms with Gasteiger partial charge in [0.1, 0.15) is 52.9 Å². The van der Waals surface area contributed by atoms with Crippen molar-refractivity contribution < 1.29 is 77.2 Å². The molecule has 8 rings (SSSR count). The molecule has 384 valence electrons. The lowest BCUT2D eigenvalue weighted by Gasteiger charge is -2.16. The lowest BCUT2D eigenvalue weighted by Crippen LogP contribution is -2.18. The number of non-ortho nitro benzene ring substituents is 1. The maximum Gasteiger partial charge on any atom is 0.356 e. The highest BCUT2D eigenvalue weighted by molar-refractivity contribution is 6.15. The SMILES string of the molecule is CCOc1cc(C(=O)Nc2cccc3c(OC(=O)CC(=O)O)cc(C(=O)OC)nc23)nc2c(NC(=O)c3cc(OC(=O)CC(=O)O)c4cccc(NC(=O)c5cc(OCC)c6cccc([N+](=O)[O-])c6n5)c4n3)cccc12. The number of hydrogen-bond acceptors (Lipinski definition) is 19. The number of carboxylic acid groups (broad SMARTS) is 2. The first-order valence-corrected chi connectivity index (χ1v) is 22.5. The van der Waals surface area contributed by atoms with Crippen molar-refractivity contribution >= 4 is 114 Å². The first-order chi connectivity index (χ1) is 36.5. The number of hydrogen-bond donors (Lipinski definition) is 5. The number of benzene rings is 4. The third-order valence-corrected chi connectivity index (χ3v) is 10.9. The number of para-hydroxylation sites is 4. The lowest BCUT2D eigenvalue weighted by molar-refractivity contribution is -0.383. The summed E-state index contributed by atoms with van der Waals surface area (Å²) in [6, 6.07) is 22.1. The number of nitrogens with zero attached hydrogens (tertiary/aromatic N) is 5. The Labute approximate surface area is 425 Å². The summed E-state index contributed by atoms with van der Waals surface area (Å²) in [6.07, 6.45) is -2.07. The van der Waals surface area contributed by atoms with Crippen molar-refractivity contribution in [2.75, 3.05) is 36.3 Å². The third kappa shape index (κ3) is 11.0. The highest BCUT2D eigenvalue weighted by Gasteiger charge is 2.26. The van der Waals surface area contributed by atoms with E-state index in [9.17, 15) is 53.6 Å². The van der Waals surface area contributed by atoms with E-state index in [-0.39, 0.29) is 109 Å². The van der Waals surface area contributed by atoms with E-state index >= 15 is 0 Å². The number of pyridine rings is 4. The molecule has 0 saturated heterocycles. The third-order valence-electron chi connectivity index (χ3n) is 10.9. The van der Waals surface area contributed by atoms with Gasteiger partial charge in [-0.2, -0.15) is 0 Å². The summed E-state index contributed by atoms with van der Waals surface area (Å²) >= 11 is 0. The first kappa shape index (κ1) is 51.6. The van der Waals surface area contributed by atoms with E-state index in [0.29, 0.717) is 5.39 Å². The normalized spacial score (nSPS) is 10.9. The summed E-state index contributed by atoms with van der Waals surface area (Å²) in [4.78, 5) is 132. The molecule has 0 unspecified atom stereocenters. The van der Waals surface area contributed by atoms with Crippen molar-refractivity contribution in [2.45, 2.75) is 26.7 Å². The fourth-order valence-corrected chi connectivity index (χ4v) is 7.70. The Bertz CT molecular complexity index is 3790. The molecule has 0 aliphatic carbocycles. The van der Waals surface area contributed by atoms with Crippen molar-refractivity contribution in [2.24, 2.45) is 0 Å². The van der Waals surface area contributed by atoms with Crippen LogP contribution in [0.5, 0.6) is 23.0 Å². The van der Waals surface area contributed by atoms with Crippen LogP contribution in [0.2, 0.25) is 0 Å². The highest BCUT2D eigenvalue weighted by Crippen LogP contribution is 2.37. The summed E-state index contributed by atoms with van der Waals surface area (Å²) in [7, 11) is 1.08. The van der Waals surface area contributed by atoms with Crippen LogP contribution in [0.3, 0.4) is 0 Å². The number of esters is 3. The second-order valence-corrected chi connectivity index (χ2v) is 15.9. The van der Waals surface area contributed by atoms with Crippen LogP contribution in [0.25, 0.3) is 43.6 Å². The number of carboxylic acids is 2. The number of carbonyl (C=O) groups is 8. The minimum atomic E-state index is -1.51. The number of fused-ring (bicyclic) bond motifs is 4. The second kappa shape index (κ2) is 22.0. The molecule has 4 aromatic carbocycles. The topological polar surface area (TPSA) is 354 Å². The van der Waals surface area contributed by atoms with Crippen molar-refractivity contribution in [3.63, 3.8) is 0 Å². The Morgan fingerprint density at radius 3 is 1.24 bits per heavy atom. The number of amides is 3. The van der Waals surface area contributed by atoms with Gasteiger partial charge in [0.05, 0.1) is 58.9 Å². The monoisotopic (exact) mass is 1030 g/mol. The minimum absolute atomic E-state index is 0.00468. The summed E-state index contributed by atoms with van der Waals surface area (Å²) in [5.74, 6) is -9.36. The molecule has 0 fully saturated rings. The Balaban J connectivity index is 1.17. The van der Waals surface area contributed by atoms with Gasteiger partial charge in [-0.1, -0.05) is 24.3 Å².